The first kappa shape index (κ1) is 17.5. The lowest BCUT2D eigenvalue weighted by Crippen LogP contribution is -2.19. The molecule has 2 aromatic heterocycles. The predicted octanol–water partition coefficient (Wildman–Crippen LogP) is 3.29. The monoisotopic (exact) mass is 326 g/mol. The molecule has 0 aromatic carbocycles. The van der Waals surface area contributed by atoms with Gasteiger partial charge in [0.15, 0.2) is 0 Å². The van der Waals surface area contributed by atoms with E-state index in [4.69, 9.17) is 5.11 Å². The fourth-order valence-electron chi connectivity index (χ4n) is 2.25. The average molecular weight is 326 g/mol. The van der Waals surface area contributed by atoms with Crippen LogP contribution in [-0.2, 0) is 11.8 Å². The lowest BCUT2D eigenvalue weighted by Gasteiger charge is -2.23. The second-order valence-electron chi connectivity index (χ2n) is 5.61. The zero-order chi connectivity index (χ0) is 17.9. The van der Waals surface area contributed by atoms with E-state index in [2.05, 4.69) is 16.5 Å². The molecular formula is C18H22N4O2. The molecule has 0 aliphatic carbocycles. The number of carboxylic acid groups (broad SMARTS) is 1. The molecule has 6 nitrogen and oxygen atoms in total. The van der Waals surface area contributed by atoms with Crippen LogP contribution in [0.1, 0.15) is 20.3 Å². The molecule has 2 rings (SSSR count). The van der Waals surface area contributed by atoms with Crippen molar-refractivity contribution in [2.45, 2.75) is 20.3 Å². The Kier molecular flexibility index (Phi) is 5.18. The van der Waals surface area contributed by atoms with E-state index in [9.17, 15) is 4.79 Å². The van der Waals surface area contributed by atoms with Crippen molar-refractivity contribution in [2.75, 3.05) is 11.9 Å². The first-order valence-electron chi connectivity index (χ1n) is 7.66. The maximum atomic E-state index is 11.0. The van der Waals surface area contributed by atoms with Gasteiger partial charge < -0.3 is 14.6 Å². The summed E-state index contributed by atoms with van der Waals surface area (Å²) in [4.78, 5) is 21.6. The number of allylic oxidation sites excluding steroid dienone is 3. The number of aliphatic carboxylic acids is 1. The smallest absolute Gasteiger partial charge is 0.331 e. The van der Waals surface area contributed by atoms with Gasteiger partial charge in [-0.15, -0.1) is 0 Å². The van der Waals surface area contributed by atoms with Crippen LogP contribution in [0.25, 0.3) is 11.0 Å². The molecule has 0 saturated carbocycles. The van der Waals surface area contributed by atoms with E-state index in [-0.39, 0.29) is 5.57 Å². The standard InChI is InChI=1S/C18H22N4O2/c1-6-12(2)15(8-7-13(3)18(23)24)22(5)17-9-16-14(10-19-17)20-11-21(16)4/h7-11H,2,6H2,1,3-5H3,(H,23,24)/b13-7+,15-8+. The SMILES string of the molecule is C=C(CC)/C(=C\C=C(/C)C(=O)O)N(C)c1cc2c(cn1)ncn2C. The molecule has 0 spiro atoms. The molecule has 0 bridgehead atoms. The van der Waals surface area contributed by atoms with Crippen LogP contribution in [0.3, 0.4) is 0 Å². The number of nitrogens with zero attached hydrogens (tertiary/aromatic N) is 4. The third-order valence-electron chi connectivity index (χ3n) is 3.92. The summed E-state index contributed by atoms with van der Waals surface area (Å²) in [5, 5.41) is 9.02. The molecule has 0 fully saturated rings. The number of carboxylic acids is 1. The number of aryl methyl sites for hydroxylation is 1. The van der Waals surface area contributed by atoms with Crippen LogP contribution in [0.5, 0.6) is 0 Å². The Morgan fingerprint density at radius 2 is 2.12 bits per heavy atom. The normalized spacial score (nSPS) is 12.5. The van der Waals surface area contributed by atoms with Crippen molar-refractivity contribution in [2.24, 2.45) is 7.05 Å². The van der Waals surface area contributed by atoms with Crippen LogP contribution < -0.4 is 4.90 Å². The Morgan fingerprint density at radius 3 is 2.75 bits per heavy atom. The first-order chi connectivity index (χ1) is 11.3. The largest absolute Gasteiger partial charge is 0.478 e. The minimum Gasteiger partial charge on any atom is -0.478 e. The first-order valence-corrected chi connectivity index (χ1v) is 7.66. The Balaban J connectivity index is 2.45. The molecule has 0 unspecified atom stereocenters. The lowest BCUT2D eigenvalue weighted by atomic mass is 10.1. The topological polar surface area (TPSA) is 71.2 Å². The number of anilines is 1. The molecule has 0 atom stereocenters. The van der Waals surface area contributed by atoms with E-state index in [1.54, 1.807) is 31.6 Å². The van der Waals surface area contributed by atoms with Gasteiger partial charge in [0.2, 0.25) is 0 Å². The summed E-state index contributed by atoms with van der Waals surface area (Å²) in [5.41, 5.74) is 3.80. The summed E-state index contributed by atoms with van der Waals surface area (Å²) < 4.78 is 1.93. The third kappa shape index (κ3) is 3.53. The van der Waals surface area contributed by atoms with Crippen LogP contribution in [-0.4, -0.2) is 32.7 Å². The summed E-state index contributed by atoms with van der Waals surface area (Å²) in [5.74, 6) is -0.196. The number of hydrogen-bond acceptors (Lipinski definition) is 4. The maximum absolute atomic E-state index is 11.0. The molecule has 24 heavy (non-hydrogen) atoms. The minimum atomic E-state index is -0.940. The highest BCUT2D eigenvalue weighted by atomic mass is 16.4. The minimum absolute atomic E-state index is 0.264. The fourth-order valence-corrected chi connectivity index (χ4v) is 2.25. The number of aromatic nitrogens is 3. The van der Waals surface area contributed by atoms with E-state index in [0.717, 1.165) is 34.5 Å². The van der Waals surface area contributed by atoms with Crippen LogP contribution in [0.4, 0.5) is 5.82 Å². The zero-order valence-corrected chi connectivity index (χ0v) is 14.4. The number of carbonyl (C=O) groups is 1. The highest BCUT2D eigenvalue weighted by Crippen LogP contribution is 2.24. The van der Waals surface area contributed by atoms with E-state index >= 15 is 0 Å². The number of pyridine rings is 1. The quantitative estimate of drug-likeness (QED) is 0.651. The summed E-state index contributed by atoms with van der Waals surface area (Å²) in [6.07, 6.45) is 7.58. The molecular weight excluding hydrogens is 304 g/mol. The number of fused-ring (bicyclic) bond motifs is 1. The van der Waals surface area contributed by atoms with E-state index in [1.807, 2.05) is 36.6 Å². The van der Waals surface area contributed by atoms with Crippen molar-refractivity contribution >= 4 is 22.8 Å². The Bertz CT molecular complexity index is 846. The summed E-state index contributed by atoms with van der Waals surface area (Å²) in [7, 11) is 3.82. The molecule has 0 aliphatic rings. The second-order valence-corrected chi connectivity index (χ2v) is 5.61. The van der Waals surface area contributed by atoms with Gasteiger partial charge in [-0.05, 0) is 25.0 Å². The molecule has 0 radical (unpaired) electrons. The highest BCUT2D eigenvalue weighted by molar-refractivity contribution is 5.86. The summed E-state index contributed by atoms with van der Waals surface area (Å²) in [6, 6.07) is 1.95. The van der Waals surface area contributed by atoms with Crippen molar-refractivity contribution in [3.63, 3.8) is 0 Å². The van der Waals surface area contributed by atoms with E-state index in [1.165, 1.54) is 0 Å². The van der Waals surface area contributed by atoms with E-state index < -0.39 is 5.97 Å². The molecule has 1 N–H and O–H groups in total. The Labute approximate surface area is 141 Å². The summed E-state index contributed by atoms with van der Waals surface area (Å²) in [6.45, 7) is 7.65. The van der Waals surface area contributed by atoms with Crippen molar-refractivity contribution in [1.82, 2.24) is 14.5 Å². The van der Waals surface area contributed by atoms with Gasteiger partial charge in [0.25, 0.3) is 0 Å². The molecule has 6 heteroatoms. The number of rotatable bonds is 6. The maximum Gasteiger partial charge on any atom is 0.331 e. The molecule has 0 aliphatic heterocycles. The van der Waals surface area contributed by atoms with Crippen LogP contribution >= 0.6 is 0 Å². The van der Waals surface area contributed by atoms with Crippen molar-refractivity contribution < 1.29 is 9.90 Å². The second kappa shape index (κ2) is 7.12. The van der Waals surface area contributed by atoms with Gasteiger partial charge in [-0.2, -0.15) is 0 Å². The highest BCUT2D eigenvalue weighted by Gasteiger charge is 2.12. The lowest BCUT2D eigenvalue weighted by molar-refractivity contribution is -0.132. The van der Waals surface area contributed by atoms with Crippen molar-refractivity contribution in [3.8, 4) is 0 Å². The van der Waals surface area contributed by atoms with Crippen LogP contribution in [0.15, 0.2) is 54.2 Å². The van der Waals surface area contributed by atoms with Crippen LogP contribution in [0.2, 0.25) is 0 Å². The number of likely N-dealkylation sites (N-methyl/N-ethyl adjacent to an activating group) is 1. The fraction of sp³-hybridized carbons (Fsp3) is 0.278. The van der Waals surface area contributed by atoms with Crippen LogP contribution in [0, 0.1) is 0 Å². The molecule has 126 valence electrons. The van der Waals surface area contributed by atoms with E-state index in [0.29, 0.717) is 0 Å². The molecule has 2 aromatic rings. The summed E-state index contributed by atoms with van der Waals surface area (Å²) >= 11 is 0. The van der Waals surface area contributed by atoms with Crippen molar-refractivity contribution in [3.05, 3.63) is 54.2 Å². The zero-order valence-electron chi connectivity index (χ0n) is 14.4. The predicted molar refractivity (Wildman–Crippen MR) is 95.8 cm³/mol. The Morgan fingerprint density at radius 1 is 1.42 bits per heavy atom. The molecule has 0 saturated heterocycles. The average Bonchev–Trinajstić information content (AvgIpc) is 2.94. The molecule has 0 amide bonds. The van der Waals surface area contributed by atoms with Gasteiger partial charge >= 0.3 is 5.97 Å². The van der Waals surface area contributed by atoms with Gasteiger partial charge in [-0.3, -0.25) is 0 Å². The van der Waals surface area contributed by atoms with Gasteiger partial charge in [-0.25, -0.2) is 14.8 Å². The van der Waals surface area contributed by atoms with Crippen molar-refractivity contribution in [1.29, 1.82) is 0 Å². The number of hydrogen-bond donors (Lipinski definition) is 1. The van der Waals surface area contributed by atoms with Gasteiger partial charge in [0.05, 0.1) is 18.0 Å². The molecule has 2 heterocycles. The van der Waals surface area contributed by atoms with Gasteiger partial charge in [0.1, 0.15) is 11.3 Å². The van der Waals surface area contributed by atoms with Gasteiger partial charge in [0, 0.05) is 31.4 Å². The third-order valence-corrected chi connectivity index (χ3v) is 3.92. The van der Waals surface area contributed by atoms with Gasteiger partial charge in [-0.1, -0.05) is 19.6 Å². The number of imidazole rings is 1. The Hall–Kier alpha value is -2.89.